The lowest BCUT2D eigenvalue weighted by Gasteiger charge is -2.29. The maximum atomic E-state index is 12.3. The van der Waals surface area contributed by atoms with Crippen LogP contribution in [0.4, 0.5) is 5.69 Å². The number of carbonyl (C=O) groups excluding carboxylic acids is 1. The number of benzene rings is 2. The van der Waals surface area contributed by atoms with Crippen LogP contribution in [0.25, 0.3) is 0 Å². The summed E-state index contributed by atoms with van der Waals surface area (Å²) in [5, 5.41) is 0. The van der Waals surface area contributed by atoms with E-state index in [9.17, 15) is 4.79 Å². The summed E-state index contributed by atoms with van der Waals surface area (Å²) in [6, 6.07) is 13.4. The van der Waals surface area contributed by atoms with Crippen molar-refractivity contribution in [2.24, 2.45) is 10.9 Å². The van der Waals surface area contributed by atoms with Crippen molar-refractivity contribution in [2.45, 2.75) is 26.7 Å². The molecule has 0 radical (unpaired) electrons. The number of carbonyl (C=O) groups is 1. The van der Waals surface area contributed by atoms with Crippen molar-refractivity contribution in [3.63, 3.8) is 0 Å². The Bertz CT molecular complexity index is 830. The van der Waals surface area contributed by atoms with E-state index in [0.717, 1.165) is 30.8 Å². The van der Waals surface area contributed by atoms with Crippen LogP contribution >= 0.6 is 0 Å². The number of rotatable bonds is 6. The highest BCUT2D eigenvalue weighted by Gasteiger charge is 2.20. The fourth-order valence-corrected chi connectivity index (χ4v) is 3.40. The maximum absolute atomic E-state index is 12.3. The van der Waals surface area contributed by atoms with E-state index in [4.69, 9.17) is 9.47 Å². The third-order valence-electron chi connectivity index (χ3n) is 4.90. The Morgan fingerprint density at radius 1 is 1.21 bits per heavy atom. The van der Waals surface area contributed by atoms with Gasteiger partial charge in [0.2, 0.25) is 0 Å². The van der Waals surface area contributed by atoms with Gasteiger partial charge in [0, 0.05) is 12.8 Å². The van der Waals surface area contributed by atoms with Gasteiger partial charge in [-0.1, -0.05) is 24.6 Å². The molecule has 1 aliphatic heterocycles. The van der Waals surface area contributed by atoms with Crippen molar-refractivity contribution in [3.05, 3.63) is 53.6 Å². The fraction of sp³-hybridized carbons (Fsp3) is 0.391. The normalized spacial score (nSPS) is 17.6. The lowest BCUT2D eigenvalue weighted by Crippen LogP contribution is -2.39. The Labute approximate surface area is 167 Å². The predicted octanol–water partition coefficient (Wildman–Crippen LogP) is 4.39. The van der Waals surface area contributed by atoms with E-state index in [1.54, 1.807) is 19.4 Å². The van der Waals surface area contributed by atoms with Crippen molar-refractivity contribution >= 4 is 17.9 Å². The molecule has 0 saturated carbocycles. The minimum absolute atomic E-state index is 0.256. The van der Waals surface area contributed by atoms with Gasteiger partial charge in [-0.05, 0) is 68.1 Å². The smallest absolute Gasteiger partial charge is 0.325 e. The Kier molecular flexibility index (Phi) is 6.82. The molecule has 28 heavy (non-hydrogen) atoms. The first-order valence-corrected chi connectivity index (χ1v) is 9.75. The first kappa shape index (κ1) is 20.1. The summed E-state index contributed by atoms with van der Waals surface area (Å²) in [7, 11) is 1.57. The van der Waals surface area contributed by atoms with Crippen LogP contribution in [-0.4, -0.2) is 43.8 Å². The number of hydrogen-bond acceptors (Lipinski definition) is 5. The molecule has 5 nitrogen and oxygen atoms in total. The molecule has 5 heteroatoms. The molecule has 0 bridgehead atoms. The van der Waals surface area contributed by atoms with Gasteiger partial charge >= 0.3 is 5.97 Å². The molecule has 0 amide bonds. The number of ether oxygens (including phenoxy) is 2. The molecule has 0 spiro atoms. The minimum atomic E-state index is -0.256. The predicted molar refractivity (Wildman–Crippen MR) is 112 cm³/mol. The van der Waals surface area contributed by atoms with Crippen LogP contribution in [0.15, 0.2) is 47.5 Å². The summed E-state index contributed by atoms with van der Waals surface area (Å²) in [5.41, 5.74) is 2.96. The largest absolute Gasteiger partial charge is 0.493 e. The summed E-state index contributed by atoms with van der Waals surface area (Å²) in [5.74, 6) is 1.33. The zero-order valence-electron chi connectivity index (χ0n) is 16.9. The molecule has 148 valence electrons. The van der Waals surface area contributed by atoms with Crippen LogP contribution < -0.4 is 9.47 Å². The van der Waals surface area contributed by atoms with E-state index in [1.807, 2.05) is 43.3 Å². The fourth-order valence-electron chi connectivity index (χ4n) is 3.40. The third kappa shape index (κ3) is 5.67. The monoisotopic (exact) mass is 380 g/mol. The number of esters is 1. The molecular weight excluding hydrogens is 352 g/mol. The first-order chi connectivity index (χ1) is 13.5. The summed E-state index contributed by atoms with van der Waals surface area (Å²) in [4.78, 5) is 19.0. The molecule has 1 saturated heterocycles. The lowest BCUT2D eigenvalue weighted by molar-refractivity contribution is -0.136. The van der Waals surface area contributed by atoms with E-state index in [0.29, 0.717) is 24.0 Å². The van der Waals surface area contributed by atoms with Gasteiger partial charge in [0.15, 0.2) is 11.5 Å². The quantitative estimate of drug-likeness (QED) is 0.424. The van der Waals surface area contributed by atoms with Gasteiger partial charge < -0.3 is 9.47 Å². The standard InChI is InChI=1S/C23H28N2O3/c1-17-6-9-20(10-7-17)24-14-19-8-11-21(22(13-19)27-3)28-23(26)16-25-12-4-5-18(2)15-25/h6-11,13-14,18H,4-5,12,15-16H2,1-3H3. The van der Waals surface area contributed by atoms with Gasteiger partial charge in [-0.2, -0.15) is 0 Å². The second-order valence-corrected chi connectivity index (χ2v) is 7.46. The Balaban J connectivity index is 1.63. The molecule has 1 fully saturated rings. The Morgan fingerprint density at radius 3 is 2.71 bits per heavy atom. The molecule has 2 aromatic rings. The second-order valence-electron chi connectivity index (χ2n) is 7.46. The third-order valence-corrected chi connectivity index (χ3v) is 4.90. The Morgan fingerprint density at radius 2 is 2.00 bits per heavy atom. The summed E-state index contributed by atoms with van der Waals surface area (Å²) in [6.45, 7) is 6.47. The lowest BCUT2D eigenvalue weighted by atomic mass is 10.0. The van der Waals surface area contributed by atoms with Crippen molar-refractivity contribution in [2.75, 3.05) is 26.7 Å². The zero-order valence-corrected chi connectivity index (χ0v) is 16.9. The van der Waals surface area contributed by atoms with Crippen molar-refractivity contribution in [1.82, 2.24) is 4.90 Å². The van der Waals surface area contributed by atoms with Crippen LogP contribution in [0.2, 0.25) is 0 Å². The molecule has 2 aromatic carbocycles. The summed E-state index contributed by atoms with van der Waals surface area (Å²) < 4.78 is 11.0. The van der Waals surface area contributed by atoms with Crippen LogP contribution in [0, 0.1) is 12.8 Å². The van der Waals surface area contributed by atoms with E-state index < -0.39 is 0 Å². The number of aliphatic imine (C=N–C) groups is 1. The van der Waals surface area contributed by atoms with E-state index in [2.05, 4.69) is 16.8 Å². The average Bonchev–Trinajstić information content (AvgIpc) is 2.68. The maximum Gasteiger partial charge on any atom is 0.325 e. The van der Waals surface area contributed by atoms with Crippen molar-refractivity contribution < 1.29 is 14.3 Å². The van der Waals surface area contributed by atoms with Gasteiger partial charge in [0.1, 0.15) is 0 Å². The highest BCUT2D eigenvalue weighted by Crippen LogP contribution is 2.28. The first-order valence-electron chi connectivity index (χ1n) is 9.75. The molecule has 1 atom stereocenters. The Hall–Kier alpha value is -2.66. The van der Waals surface area contributed by atoms with Crippen molar-refractivity contribution in [3.8, 4) is 11.5 Å². The van der Waals surface area contributed by atoms with Gasteiger partial charge in [-0.25, -0.2) is 0 Å². The highest BCUT2D eigenvalue weighted by atomic mass is 16.6. The van der Waals surface area contributed by atoms with E-state index in [-0.39, 0.29) is 5.97 Å². The average molecular weight is 380 g/mol. The highest BCUT2D eigenvalue weighted by molar-refractivity contribution is 5.83. The number of piperidine rings is 1. The molecule has 1 heterocycles. The number of nitrogens with zero attached hydrogens (tertiary/aromatic N) is 2. The molecule has 0 aliphatic carbocycles. The van der Waals surface area contributed by atoms with E-state index >= 15 is 0 Å². The molecule has 0 N–H and O–H groups in total. The summed E-state index contributed by atoms with van der Waals surface area (Å²) >= 11 is 0. The topological polar surface area (TPSA) is 51.1 Å². The number of methoxy groups -OCH3 is 1. The SMILES string of the molecule is COc1cc(C=Nc2ccc(C)cc2)ccc1OC(=O)CN1CCCC(C)C1. The van der Waals surface area contributed by atoms with Gasteiger partial charge in [-0.15, -0.1) is 0 Å². The number of likely N-dealkylation sites (tertiary alicyclic amines) is 1. The van der Waals surface area contributed by atoms with Gasteiger partial charge in [-0.3, -0.25) is 14.7 Å². The minimum Gasteiger partial charge on any atom is -0.493 e. The van der Waals surface area contributed by atoms with Gasteiger partial charge in [0.05, 0.1) is 19.3 Å². The van der Waals surface area contributed by atoms with Crippen LogP contribution in [0.5, 0.6) is 11.5 Å². The molecule has 1 unspecified atom stereocenters. The number of aryl methyl sites for hydroxylation is 1. The van der Waals surface area contributed by atoms with E-state index in [1.165, 1.54) is 12.0 Å². The molecule has 1 aliphatic rings. The van der Waals surface area contributed by atoms with Gasteiger partial charge in [0.25, 0.3) is 0 Å². The molecule has 3 rings (SSSR count). The molecular formula is C23H28N2O3. The van der Waals surface area contributed by atoms with Crippen LogP contribution in [0.1, 0.15) is 30.9 Å². The second kappa shape index (κ2) is 9.51. The van der Waals surface area contributed by atoms with Crippen LogP contribution in [0.3, 0.4) is 0 Å². The number of hydrogen-bond donors (Lipinski definition) is 0. The molecule has 0 aromatic heterocycles. The zero-order chi connectivity index (χ0) is 19.9. The van der Waals surface area contributed by atoms with Crippen LogP contribution in [-0.2, 0) is 4.79 Å². The van der Waals surface area contributed by atoms with Crippen molar-refractivity contribution in [1.29, 1.82) is 0 Å². The summed E-state index contributed by atoms with van der Waals surface area (Å²) in [6.07, 6.45) is 4.13.